The molecule has 1 aliphatic heterocycles. The van der Waals surface area contributed by atoms with Crippen molar-refractivity contribution in [2.45, 2.75) is 6.42 Å². The van der Waals surface area contributed by atoms with E-state index in [1.165, 1.54) is 11.3 Å². The number of thiophene rings is 1. The molecular formula is C13H13ClN2O2S2. The first kappa shape index (κ1) is 14.0. The predicted molar refractivity (Wildman–Crippen MR) is 81.5 cm³/mol. The number of carbonyl (C=O) groups excluding carboxylic acids is 1. The Morgan fingerprint density at radius 1 is 1.40 bits per heavy atom. The van der Waals surface area contributed by atoms with E-state index >= 15 is 0 Å². The van der Waals surface area contributed by atoms with Crippen LogP contribution in [0.5, 0.6) is 0 Å². The van der Waals surface area contributed by atoms with Crippen molar-refractivity contribution in [1.29, 1.82) is 0 Å². The summed E-state index contributed by atoms with van der Waals surface area (Å²) >= 11 is 8.98. The van der Waals surface area contributed by atoms with Gasteiger partial charge in [0.2, 0.25) is 5.91 Å². The van der Waals surface area contributed by atoms with E-state index in [0.717, 1.165) is 19.9 Å². The number of thiazole rings is 1. The smallest absolute Gasteiger partial charge is 0.228 e. The summed E-state index contributed by atoms with van der Waals surface area (Å²) < 4.78 is 6.00. The monoisotopic (exact) mass is 328 g/mol. The minimum Gasteiger partial charge on any atom is -0.378 e. The fraction of sp³-hybridized carbons (Fsp3) is 0.385. The second-order valence-corrected chi connectivity index (χ2v) is 6.99. The predicted octanol–water partition coefficient (Wildman–Crippen LogP) is 2.93. The lowest BCUT2D eigenvalue weighted by Crippen LogP contribution is -2.41. The van der Waals surface area contributed by atoms with Crippen molar-refractivity contribution < 1.29 is 9.53 Å². The summed E-state index contributed by atoms with van der Waals surface area (Å²) in [6, 6.07) is 3.82. The van der Waals surface area contributed by atoms with Gasteiger partial charge in [0.05, 0.1) is 34.5 Å². The Bertz CT molecular complexity index is 605. The lowest BCUT2D eigenvalue weighted by Gasteiger charge is -2.26. The van der Waals surface area contributed by atoms with Crippen molar-refractivity contribution in [3.63, 3.8) is 0 Å². The maximum atomic E-state index is 12.1. The van der Waals surface area contributed by atoms with Gasteiger partial charge in [0.15, 0.2) is 0 Å². The van der Waals surface area contributed by atoms with Crippen LogP contribution in [-0.4, -0.2) is 42.1 Å². The molecule has 0 N–H and O–H groups in total. The molecule has 1 amide bonds. The third kappa shape index (κ3) is 3.20. The minimum atomic E-state index is 0.120. The van der Waals surface area contributed by atoms with Crippen LogP contribution in [-0.2, 0) is 16.0 Å². The van der Waals surface area contributed by atoms with E-state index in [1.54, 1.807) is 11.3 Å². The molecule has 0 bridgehead atoms. The van der Waals surface area contributed by atoms with E-state index in [9.17, 15) is 4.79 Å². The quantitative estimate of drug-likeness (QED) is 0.870. The molecule has 0 unspecified atom stereocenters. The first-order chi connectivity index (χ1) is 9.72. The number of hydrogen-bond acceptors (Lipinski definition) is 5. The molecule has 0 aromatic carbocycles. The normalized spacial score (nSPS) is 15.6. The molecule has 0 atom stereocenters. The van der Waals surface area contributed by atoms with Crippen LogP contribution >= 0.6 is 34.3 Å². The number of aromatic nitrogens is 1. The molecule has 2 aromatic heterocycles. The van der Waals surface area contributed by atoms with Gasteiger partial charge in [0, 0.05) is 18.5 Å². The molecule has 3 rings (SSSR count). The summed E-state index contributed by atoms with van der Waals surface area (Å²) in [5, 5.41) is 2.87. The van der Waals surface area contributed by atoms with Crippen molar-refractivity contribution in [3.05, 3.63) is 27.5 Å². The van der Waals surface area contributed by atoms with E-state index < -0.39 is 0 Å². The van der Waals surface area contributed by atoms with E-state index in [-0.39, 0.29) is 5.91 Å². The average Bonchev–Trinajstić information content (AvgIpc) is 3.09. The van der Waals surface area contributed by atoms with Crippen LogP contribution in [0.3, 0.4) is 0 Å². The molecule has 20 heavy (non-hydrogen) atoms. The van der Waals surface area contributed by atoms with E-state index in [4.69, 9.17) is 16.3 Å². The standard InChI is InChI=1S/C13H13ClN2O2S2/c14-11-2-1-10(20-11)13-15-9(8-19-13)7-12(17)16-3-5-18-6-4-16/h1-2,8H,3-7H2. The Kier molecular flexibility index (Phi) is 4.35. The van der Waals surface area contributed by atoms with Crippen LogP contribution < -0.4 is 0 Å². The van der Waals surface area contributed by atoms with E-state index in [2.05, 4.69) is 4.98 Å². The number of ether oxygens (including phenoxy) is 1. The SMILES string of the molecule is O=C(Cc1csc(-c2ccc(Cl)s2)n1)N1CCOCC1. The molecule has 4 nitrogen and oxygen atoms in total. The number of nitrogens with zero attached hydrogens (tertiary/aromatic N) is 2. The molecular weight excluding hydrogens is 316 g/mol. The molecule has 7 heteroatoms. The molecule has 0 saturated carbocycles. The maximum absolute atomic E-state index is 12.1. The number of rotatable bonds is 3. The van der Waals surface area contributed by atoms with Crippen LogP contribution in [0.4, 0.5) is 0 Å². The summed E-state index contributed by atoms with van der Waals surface area (Å²) in [4.78, 5) is 19.5. The molecule has 2 aromatic rings. The number of hydrogen-bond donors (Lipinski definition) is 0. The highest BCUT2D eigenvalue weighted by Crippen LogP contribution is 2.33. The van der Waals surface area contributed by atoms with Gasteiger partial charge in [-0.25, -0.2) is 4.98 Å². The first-order valence-electron chi connectivity index (χ1n) is 6.28. The lowest BCUT2D eigenvalue weighted by atomic mass is 10.3. The van der Waals surface area contributed by atoms with Gasteiger partial charge in [0.1, 0.15) is 5.01 Å². The molecule has 0 radical (unpaired) electrons. The Labute approximate surface area is 130 Å². The fourth-order valence-electron chi connectivity index (χ4n) is 2.01. The molecule has 3 heterocycles. The van der Waals surface area contributed by atoms with Gasteiger partial charge in [-0.15, -0.1) is 22.7 Å². The highest BCUT2D eigenvalue weighted by molar-refractivity contribution is 7.23. The van der Waals surface area contributed by atoms with Crippen LogP contribution in [0.15, 0.2) is 17.5 Å². The van der Waals surface area contributed by atoms with Gasteiger partial charge in [-0.1, -0.05) is 11.6 Å². The molecule has 1 fully saturated rings. The van der Waals surface area contributed by atoms with Crippen LogP contribution in [0.1, 0.15) is 5.69 Å². The van der Waals surface area contributed by atoms with E-state index in [1.807, 2.05) is 22.4 Å². The van der Waals surface area contributed by atoms with Gasteiger partial charge < -0.3 is 9.64 Å². The fourth-order valence-corrected chi connectivity index (χ4v) is 3.94. The zero-order chi connectivity index (χ0) is 13.9. The number of morpholine rings is 1. The third-order valence-electron chi connectivity index (χ3n) is 3.03. The Morgan fingerprint density at radius 3 is 2.90 bits per heavy atom. The van der Waals surface area contributed by atoms with Crippen LogP contribution in [0.2, 0.25) is 4.34 Å². The average molecular weight is 329 g/mol. The van der Waals surface area contributed by atoms with Gasteiger partial charge in [-0.05, 0) is 12.1 Å². The Hall–Kier alpha value is -0.950. The van der Waals surface area contributed by atoms with Crippen molar-refractivity contribution in [2.24, 2.45) is 0 Å². The number of carbonyl (C=O) groups is 1. The second-order valence-electron chi connectivity index (χ2n) is 4.42. The Morgan fingerprint density at radius 2 is 2.20 bits per heavy atom. The molecule has 1 saturated heterocycles. The van der Waals surface area contributed by atoms with E-state index in [0.29, 0.717) is 32.7 Å². The Balaban J connectivity index is 1.66. The summed E-state index contributed by atoms with van der Waals surface area (Å²) in [6.07, 6.45) is 0.357. The zero-order valence-electron chi connectivity index (χ0n) is 10.7. The van der Waals surface area contributed by atoms with Gasteiger partial charge in [0.25, 0.3) is 0 Å². The van der Waals surface area contributed by atoms with Crippen molar-refractivity contribution in [3.8, 4) is 9.88 Å². The third-order valence-corrected chi connectivity index (χ3v) is 5.32. The highest BCUT2D eigenvalue weighted by Gasteiger charge is 2.18. The maximum Gasteiger partial charge on any atom is 0.228 e. The minimum absolute atomic E-state index is 0.120. The van der Waals surface area contributed by atoms with Crippen LogP contribution in [0.25, 0.3) is 9.88 Å². The first-order valence-corrected chi connectivity index (χ1v) is 8.35. The van der Waals surface area contributed by atoms with Crippen LogP contribution in [0, 0.1) is 0 Å². The van der Waals surface area contributed by atoms with Gasteiger partial charge in [-0.2, -0.15) is 0 Å². The topological polar surface area (TPSA) is 42.4 Å². The molecule has 0 spiro atoms. The zero-order valence-corrected chi connectivity index (χ0v) is 13.1. The second kappa shape index (κ2) is 6.22. The summed E-state index contributed by atoms with van der Waals surface area (Å²) in [5.41, 5.74) is 0.825. The summed E-state index contributed by atoms with van der Waals surface area (Å²) in [5.74, 6) is 0.120. The molecule has 1 aliphatic rings. The molecule has 106 valence electrons. The number of amides is 1. The molecule has 0 aliphatic carbocycles. The van der Waals surface area contributed by atoms with Gasteiger partial charge in [-0.3, -0.25) is 4.79 Å². The van der Waals surface area contributed by atoms with Crippen molar-refractivity contribution in [2.75, 3.05) is 26.3 Å². The largest absolute Gasteiger partial charge is 0.378 e. The lowest BCUT2D eigenvalue weighted by molar-refractivity contribution is -0.134. The van der Waals surface area contributed by atoms with Crippen molar-refractivity contribution in [1.82, 2.24) is 9.88 Å². The highest BCUT2D eigenvalue weighted by atomic mass is 35.5. The number of halogens is 1. The summed E-state index contributed by atoms with van der Waals surface area (Å²) in [7, 11) is 0. The van der Waals surface area contributed by atoms with Gasteiger partial charge >= 0.3 is 0 Å². The van der Waals surface area contributed by atoms with Crippen molar-refractivity contribution >= 4 is 40.2 Å². The summed E-state index contributed by atoms with van der Waals surface area (Å²) in [6.45, 7) is 2.61.